The van der Waals surface area contributed by atoms with Crippen LogP contribution in [0.25, 0.3) is 0 Å². The van der Waals surface area contributed by atoms with E-state index < -0.39 is 11.8 Å². The Kier molecular flexibility index (Phi) is 6.37. The summed E-state index contributed by atoms with van der Waals surface area (Å²) in [4.78, 5) is 25.5. The van der Waals surface area contributed by atoms with Gasteiger partial charge in [0, 0.05) is 5.92 Å². The highest BCUT2D eigenvalue weighted by atomic mass is 16.2. The normalized spacial score (nSPS) is 22.9. The Labute approximate surface area is 160 Å². The van der Waals surface area contributed by atoms with Crippen LogP contribution in [0.5, 0.6) is 0 Å². The third kappa shape index (κ3) is 4.10. The Morgan fingerprint density at radius 1 is 0.852 bits per heavy atom. The molecule has 0 spiro atoms. The van der Waals surface area contributed by atoms with Gasteiger partial charge in [-0.05, 0) is 31.2 Å². The SMILES string of the molecule is CCCCC1=NNC(=O)C1C(c1ccccc1)C1C(=O)NN=C1CCCC. The number of hydrazone groups is 2. The Morgan fingerprint density at radius 3 is 1.78 bits per heavy atom. The lowest BCUT2D eigenvalue weighted by Crippen LogP contribution is -2.39. The number of nitrogens with one attached hydrogen (secondary N) is 2. The molecule has 2 amide bonds. The second-order valence-electron chi connectivity index (χ2n) is 7.26. The van der Waals surface area contributed by atoms with Crippen LogP contribution in [0.2, 0.25) is 0 Å². The van der Waals surface area contributed by atoms with Gasteiger partial charge < -0.3 is 0 Å². The summed E-state index contributed by atoms with van der Waals surface area (Å²) >= 11 is 0. The van der Waals surface area contributed by atoms with E-state index in [9.17, 15) is 9.59 Å². The molecule has 0 aliphatic carbocycles. The number of benzene rings is 1. The van der Waals surface area contributed by atoms with Gasteiger partial charge in [-0.1, -0.05) is 57.0 Å². The van der Waals surface area contributed by atoms with Crippen LogP contribution in [0.1, 0.15) is 63.9 Å². The van der Waals surface area contributed by atoms with Gasteiger partial charge in [-0.15, -0.1) is 0 Å². The lowest BCUT2D eigenvalue weighted by molar-refractivity contribution is -0.125. The maximum Gasteiger partial charge on any atom is 0.249 e. The molecule has 2 aliphatic rings. The number of carbonyl (C=O) groups excluding carboxylic acids is 2. The molecule has 0 saturated carbocycles. The molecule has 0 radical (unpaired) electrons. The second kappa shape index (κ2) is 8.93. The van der Waals surface area contributed by atoms with Crippen molar-refractivity contribution in [3.05, 3.63) is 35.9 Å². The van der Waals surface area contributed by atoms with Crippen LogP contribution in [-0.2, 0) is 9.59 Å². The molecular formula is C21H28N4O2. The topological polar surface area (TPSA) is 82.9 Å². The zero-order valence-electron chi connectivity index (χ0n) is 16.1. The van der Waals surface area contributed by atoms with E-state index in [0.717, 1.165) is 55.5 Å². The van der Waals surface area contributed by atoms with Gasteiger partial charge >= 0.3 is 0 Å². The fraction of sp³-hybridized carbons (Fsp3) is 0.524. The molecule has 6 nitrogen and oxygen atoms in total. The van der Waals surface area contributed by atoms with Crippen LogP contribution in [0.15, 0.2) is 40.5 Å². The summed E-state index contributed by atoms with van der Waals surface area (Å²) < 4.78 is 0. The van der Waals surface area contributed by atoms with Crippen molar-refractivity contribution in [1.29, 1.82) is 0 Å². The molecule has 0 saturated heterocycles. The molecule has 0 bridgehead atoms. The van der Waals surface area contributed by atoms with Crippen LogP contribution in [0.4, 0.5) is 0 Å². The fourth-order valence-corrected chi connectivity index (χ4v) is 3.97. The summed E-state index contributed by atoms with van der Waals surface area (Å²) in [6.07, 6.45) is 5.53. The number of carbonyl (C=O) groups is 2. The molecule has 6 heteroatoms. The van der Waals surface area contributed by atoms with Gasteiger partial charge in [-0.2, -0.15) is 10.2 Å². The van der Waals surface area contributed by atoms with E-state index >= 15 is 0 Å². The molecule has 144 valence electrons. The molecule has 0 fully saturated rings. The van der Waals surface area contributed by atoms with Gasteiger partial charge in [0.05, 0.1) is 23.3 Å². The summed E-state index contributed by atoms with van der Waals surface area (Å²) in [7, 11) is 0. The lowest BCUT2D eigenvalue weighted by atomic mass is 9.71. The predicted molar refractivity (Wildman–Crippen MR) is 106 cm³/mol. The molecule has 2 heterocycles. The average molecular weight is 368 g/mol. The van der Waals surface area contributed by atoms with Crippen molar-refractivity contribution < 1.29 is 9.59 Å². The predicted octanol–water partition coefficient (Wildman–Crippen LogP) is 3.35. The first-order chi connectivity index (χ1) is 13.2. The maximum absolute atomic E-state index is 12.7. The van der Waals surface area contributed by atoms with Crippen LogP contribution in [-0.4, -0.2) is 23.2 Å². The monoisotopic (exact) mass is 368 g/mol. The Bertz CT molecular complexity index is 698. The van der Waals surface area contributed by atoms with E-state index in [0.29, 0.717) is 0 Å². The molecule has 2 unspecified atom stereocenters. The van der Waals surface area contributed by atoms with E-state index in [4.69, 9.17) is 0 Å². The highest BCUT2D eigenvalue weighted by molar-refractivity contribution is 6.13. The molecule has 3 rings (SSSR count). The van der Waals surface area contributed by atoms with Crippen molar-refractivity contribution in [3.8, 4) is 0 Å². The molecule has 0 aromatic heterocycles. The van der Waals surface area contributed by atoms with Crippen molar-refractivity contribution >= 4 is 23.2 Å². The van der Waals surface area contributed by atoms with Crippen molar-refractivity contribution in [2.75, 3.05) is 0 Å². The Hall–Kier alpha value is -2.50. The molecular weight excluding hydrogens is 340 g/mol. The van der Waals surface area contributed by atoms with E-state index in [-0.39, 0.29) is 17.7 Å². The average Bonchev–Trinajstić information content (AvgIpc) is 3.23. The number of hydrogen-bond donors (Lipinski definition) is 2. The highest BCUT2D eigenvalue weighted by Gasteiger charge is 2.47. The summed E-state index contributed by atoms with van der Waals surface area (Å²) in [6, 6.07) is 9.84. The van der Waals surface area contributed by atoms with Gasteiger partial charge in [0.2, 0.25) is 11.8 Å². The van der Waals surface area contributed by atoms with Gasteiger partial charge in [0.25, 0.3) is 0 Å². The van der Waals surface area contributed by atoms with Crippen molar-refractivity contribution in [2.24, 2.45) is 22.0 Å². The Balaban J connectivity index is 1.99. The number of amides is 2. The van der Waals surface area contributed by atoms with Gasteiger partial charge in [-0.25, -0.2) is 10.9 Å². The molecule has 27 heavy (non-hydrogen) atoms. The van der Waals surface area contributed by atoms with Crippen molar-refractivity contribution in [3.63, 3.8) is 0 Å². The lowest BCUT2D eigenvalue weighted by Gasteiger charge is -2.28. The minimum absolute atomic E-state index is 0.121. The maximum atomic E-state index is 12.7. The van der Waals surface area contributed by atoms with E-state index in [2.05, 4.69) is 34.9 Å². The number of hydrogen-bond acceptors (Lipinski definition) is 4. The molecule has 1 aromatic rings. The number of rotatable bonds is 9. The standard InChI is InChI=1S/C21H28N4O2/c1-3-5-12-15-18(20(26)24-22-15)17(14-10-8-7-9-11-14)19-16(13-6-4-2)23-25-21(19)27/h7-11,17-19H,3-6,12-13H2,1-2H3,(H,24,26)(H,25,27). The van der Waals surface area contributed by atoms with Crippen LogP contribution in [0.3, 0.4) is 0 Å². The van der Waals surface area contributed by atoms with Crippen molar-refractivity contribution in [2.45, 2.75) is 58.3 Å². The van der Waals surface area contributed by atoms with Crippen LogP contribution >= 0.6 is 0 Å². The van der Waals surface area contributed by atoms with Crippen LogP contribution in [0, 0.1) is 11.8 Å². The summed E-state index contributed by atoms with van der Waals surface area (Å²) in [6.45, 7) is 4.24. The zero-order chi connectivity index (χ0) is 19.2. The molecule has 2 aliphatic heterocycles. The Morgan fingerprint density at radius 2 is 1.33 bits per heavy atom. The summed E-state index contributed by atoms with van der Waals surface area (Å²) in [5, 5.41) is 8.62. The number of unbranched alkanes of at least 4 members (excludes halogenated alkanes) is 2. The first kappa shape index (κ1) is 19.3. The van der Waals surface area contributed by atoms with E-state index in [1.165, 1.54) is 0 Å². The third-order valence-electron chi connectivity index (χ3n) is 5.38. The molecule has 2 N–H and O–H groups in total. The smallest absolute Gasteiger partial charge is 0.249 e. The van der Waals surface area contributed by atoms with Gasteiger partial charge in [-0.3, -0.25) is 9.59 Å². The molecule has 2 atom stereocenters. The third-order valence-corrected chi connectivity index (χ3v) is 5.38. The minimum atomic E-state index is -0.431. The van der Waals surface area contributed by atoms with Gasteiger partial charge in [0.15, 0.2) is 0 Å². The molecule has 1 aromatic carbocycles. The summed E-state index contributed by atoms with van der Waals surface area (Å²) in [5.74, 6) is -1.39. The largest absolute Gasteiger partial charge is 0.272 e. The fourth-order valence-electron chi connectivity index (χ4n) is 3.97. The zero-order valence-corrected chi connectivity index (χ0v) is 16.1. The number of nitrogens with zero attached hydrogens (tertiary/aromatic N) is 2. The first-order valence-corrected chi connectivity index (χ1v) is 9.94. The first-order valence-electron chi connectivity index (χ1n) is 9.94. The quantitative estimate of drug-likeness (QED) is 0.701. The highest BCUT2D eigenvalue weighted by Crippen LogP contribution is 2.39. The van der Waals surface area contributed by atoms with Crippen molar-refractivity contribution in [1.82, 2.24) is 10.9 Å². The van der Waals surface area contributed by atoms with Gasteiger partial charge in [0.1, 0.15) is 0 Å². The van der Waals surface area contributed by atoms with Crippen LogP contribution < -0.4 is 10.9 Å². The second-order valence-corrected chi connectivity index (χ2v) is 7.26. The summed E-state index contributed by atoms with van der Waals surface area (Å²) in [5.41, 5.74) is 7.99. The minimum Gasteiger partial charge on any atom is -0.272 e. The van der Waals surface area contributed by atoms with E-state index in [1.807, 2.05) is 30.3 Å². The van der Waals surface area contributed by atoms with E-state index in [1.54, 1.807) is 0 Å².